The number of nitrogens with zero attached hydrogens (tertiary/aromatic N) is 7. The Kier molecular flexibility index (Phi) is 4.51. The average molecular weight is 433 g/mol. The molecule has 11 heteroatoms. The van der Waals surface area contributed by atoms with Crippen LogP contribution in [0.2, 0.25) is 0 Å². The summed E-state index contributed by atoms with van der Waals surface area (Å²) in [5.74, 6) is 0.976. The highest BCUT2D eigenvalue weighted by molar-refractivity contribution is 5.52. The van der Waals surface area contributed by atoms with Gasteiger partial charge in [-0.25, -0.2) is 14.4 Å². The number of aromatic nitrogens is 7. The molecular formula is C21H20FN9O. The maximum Gasteiger partial charge on any atom is 0.318 e. The predicted molar refractivity (Wildman–Crippen MR) is 112 cm³/mol. The zero-order valence-electron chi connectivity index (χ0n) is 17.1. The van der Waals surface area contributed by atoms with Gasteiger partial charge in [0, 0.05) is 37.4 Å². The van der Waals surface area contributed by atoms with Crippen LogP contribution < -0.4 is 10.2 Å². The maximum absolute atomic E-state index is 13.4. The third-order valence-electron chi connectivity index (χ3n) is 6.06. The Morgan fingerprint density at radius 1 is 1.09 bits per heavy atom. The topological polar surface area (TPSA) is 122 Å². The van der Waals surface area contributed by atoms with Crippen molar-refractivity contribution in [1.82, 2.24) is 35.6 Å². The number of H-pyrrole nitrogens is 1. The molecule has 162 valence electrons. The molecule has 0 saturated carbocycles. The molecule has 0 bridgehead atoms. The number of rotatable bonds is 5. The van der Waals surface area contributed by atoms with Crippen LogP contribution in [-0.2, 0) is 12.8 Å². The molecule has 3 aromatic heterocycles. The van der Waals surface area contributed by atoms with Crippen molar-refractivity contribution in [2.45, 2.75) is 31.2 Å². The number of nitrogens with one attached hydrogen (secondary N) is 2. The van der Waals surface area contributed by atoms with Gasteiger partial charge in [-0.05, 0) is 42.5 Å². The van der Waals surface area contributed by atoms with E-state index in [2.05, 4.69) is 40.9 Å². The highest BCUT2D eigenvalue weighted by Crippen LogP contribution is 2.30. The minimum absolute atomic E-state index is 0.139. The molecule has 10 nitrogen and oxygen atoms in total. The molecule has 0 amide bonds. The van der Waals surface area contributed by atoms with E-state index in [1.807, 2.05) is 11.0 Å². The Hall–Kier alpha value is -3.89. The lowest BCUT2D eigenvalue weighted by atomic mass is 10.1. The molecule has 1 aliphatic carbocycles. The smallest absolute Gasteiger partial charge is 0.318 e. The molecule has 6 rings (SSSR count). The van der Waals surface area contributed by atoms with Gasteiger partial charge in [-0.1, -0.05) is 11.2 Å². The fraction of sp³-hybridized carbons (Fsp3) is 0.333. The molecular weight excluding hydrogens is 413 g/mol. The van der Waals surface area contributed by atoms with Crippen LogP contribution >= 0.6 is 0 Å². The van der Waals surface area contributed by atoms with Gasteiger partial charge in [-0.15, -0.1) is 5.10 Å². The second-order valence-corrected chi connectivity index (χ2v) is 8.17. The number of benzene rings is 1. The number of anilines is 2. The number of aromatic amines is 1. The Morgan fingerprint density at radius 3 is 2.81 bits per heavy atom. The molecule has 2 atom stereocenters. The molecule has 1 fully saturated rings. The quantitative estimate of drug-likeness (QED) is 0.488. The van der Waals surface area contributed by atoms with Crippen LogP contribution in [0.3, 0.4) is 0 Å². The SMILES string of the molecule is Fc1ccc2c(c1)CC(Nc1ncc(-c3nnc(N4CCC(c5cn[nH]n5)C4)o3)cn1)C2. The normalized spacial score (nSPS) is 20.0. The summed E-state index contributed by atoms with van der Waals surface area (Å²) in [5.41, 5.74) is 3.79. The van der Waals surface area contributed by atoms with Gasteiger partial charge in [0.05, 0.1) is 17.5 Å². The van der Waals surface area contributed by atoms with Gasteiger partial charge in [-0.2, -0.15) is 15.4 Å². The van der Waals surface area contributed by atoms with Crippen LogP contribution in [-0.4, -0.2) is 54.7 Å². The van der Waals surface area contributed by atoms with Gasteiger partial charge in [0.2, 0.25) is 5.95 Å². The van der Waals surface area contributed by atoms with Crippen molar-refractivity contribution in [1.29, 1.82) is 0 Å². The first kappa shape index (κ1) is 18.8. The first-order chi connectivity index (χ1) is 15.7. The second-order valence-electron chi connectivity index (χ2n) is 8.17. The van der Waals surface area contributed by atoms with E-state index in [0.29, 0.717) is 23.4 Å². The molecule has 1 aromatic carbocycles. The van der Waals surface area contributed by atoms with Gasteiger partial charge < -0.3 is 14.6 Å². The predicted octanol–water partition coefficient (Wildman–Crippen LogP) is 2.36. The minimum atomic E-state index is -0.202. The summed E-state index contributed by atoms with van der Waals surface area (Å²) in [6.07, 6.45) is 7.59. The van der Waals surface area contributed by atoms with E-state index in [9.17, 15) is 4.39 Å². The zero-order valence-corrected chi connectivity index (χ0v) is 17.1. The second kappa shape index (κ2) is 7.66. The molecule has 2 N–H and O–H groups in total. The monoisotopic (exact) mass is 433 g/mol. The van der Waals surface area contributed by atoms with Crippen molar-refractivity contribution in [2.75, 3.05) is 23.3 Å². The van der Waals surface area contributed by atoms with Crippen LogP contribution in [0.1, 0.15) is 29.2 Å². The van der Waals surface area contributed by atoms with E-state index in [4.69, 9.17) is 4.42 Å². The molecule has 1 saturated heterocycles. The summed E-state index contributed by atoms with van der Waals surface area (Å²) in [5, 5.41) is 22.4. The zero-order chi connectivity index (χ0) is 21.5. The lowest BCUT2D eigenvalue weighted by molar-refractivity contribution is 0.555. The van der Waals surface area contributed by atoms with E-state index in [0.717, 1.165) is 49.2 Å². The van der Waals surface area contributed by atoms with Crippen molar-refractivity contribution < 1.29 is 8.81 Å². The van der Waals surface area contributed by atoms with Crippen molar-refractivity contribution in [3.8, 4) is 11.5 Å². The first-order valence-corrected chi connectivity index (χ1v) is 10.5. The number of fused-ring (bicyclic) bond motifs is 1. The van der Waals surface area contributed by atoms with Crippen molar-refractivity contribution in [3.05, 3.63) is 59.4 Å². The average Bonchev–Trinajstić information content (AvgIpc) is 3.60. The van der Waals surface area contributed by atoms with Crippen molar-refractivity contribution in [3.63, 3.8) is 0 Å². The van der Waals surface area contributed by atoms with Crippen molar-refractivity contribution >= 4 is 12.0 Å². The molecule has 0 radical (unpaired) electrons. The maximum atomic E-state index is 13.4. The van der Waals surface area contributed by atoms with Crippen LogP contribution in [0.5, 0.6) is 0 Å². The number of hydrogen-bond acceptors (Lipinski definition) is 9. The fourth-order valence-corrected chi connectivity index (χ4v) is 4.43. The van der Waals surface area contributed by atoms with Gasteiger partial charge in [0.1, 0.15) is 5.82 Å². The summed E-state index contributed by atoms with van der Waals surface area (Å²) in [4.78, 5) is 10.8. The molecule has 32 heavy (non-hydrogen) atoms. The lowest BCUT2D eigenvalue weighted by Crippen LogP contribution is -2.20. The lowest BCUT2D eigenvalue weighted by Gasteiger charge is -2.12. The molecule has 4 aromatic rings. The van der Waals surface area contributed by atoms with Gasteiger partial charge in [0.15, 0.2) is 0 Å². The molecule has 1 aliphatic heterocycles. The van der Waals surface area contributed by atoms with Gasteiger partial charge in [-0.3, -0.25) is 0 Å². The minimum Gasteiger partial charge on any atom is -0.403 e. The summed E-state index contributed by atoms with van der Waals surface area (Å²) >= 11 is 0. The Balaban J connectivity index is 1.10. The Labute approximate surface area is 182 Å². The third kappa shape index (κ3) is 3.55. The van der Waals surface area contributed by atoms with Crippen molar-refractivity contribution in [2.24, 2.45) is 0 Å². The fourth-order valence-electron chi connectivity index (χ4n) is 4.43. The third-order valence-corrected chi connectivity index (χ3v) is 6.06. The molecule has 4 heterocycles. The Morgan fingerprint density at radius 2 is 1.97 bits per heavy atom. The number of hydrogen-bond donors (Lipinski definition) is 2. The van der Waals surface area contributed by atoms with E-state index in [1.165, 1.54) is 6.07 Å². The van der Waals surface area contributed by atoms with Gasteiger partial charge >= 0.3 is 6.01 Å². The van der Waals surface area contributed by atoms with E-state index in [-0.39, 0.29) is 17.8 Å². The van der Waals surface area contributed by atoms with Crippen LogP contribution in [0.25, 0.3) is 11.5 Å². The number of halogens is 1. The van der Waals surface area contributed by atoms with E-state index >= 15 is 0 Å². The Bertz CT molecular complexity index is 1220. The van der Waals surface area contributed by atoms with Crippen LogP contribution in [0, 0.1) is 5.82 Å². The van der Waals surface area contributed by atoms with Crippen LogP contribution in [0.15, 0.2) is 41.2 Å². The highest BCUT2D eigenvalue weighted by atomic mass is 19.1. The molecule has 2 unspecified atom stereocenters. The summed E-state index contributed by atoms with van der Waals surface area (Å²) in [7, 11) is 0. The molecule has 0 spiro atoms. The van der Waals surface area contributed by atoms with Gasteiger partial charge in [0.25, 0.3) is 5.89 Å². The summed E-state index contributed by atoms with van der Waals surface area (Å²) < 4.78 is 19.3. The summed E-state index contributed by atoms with van der Waals surface area (Å²) in [6, 6.07) is 5.56. The van der Waals surface area contributed by atoms with E-state index in [1.54, 1.807) is 24.7 Å². The largest absolute Gasteiger partial charge is 0.403 e. The first-order valence-electron chi connectivity index (χ1n) is 10.5. The molecule has 2 aliphatic rings. The summed E-state index contributed by atoms with van der Waals surface area (Å²) in [6.45, 7) is 1.56. The standard InChI is InChI=1S/C21H20FN9O/c22-16-2-1-12-6-17(7-14(12)5-16)26-20-23-8-15(9-24-20)19-28-29-21(32-19)31-4-3-13(11-31)18-10-25-30-27-18/h1-2,5,8-10,13,17H,3-4,6-7,11H2,(H,23,24,26)(H,25,27,30). The highest BCUT2D eigenvalue weighted by Gasteiger charge is 2.29. The van der Waals surface area contributed by atoms with E-state index < -0.39 is 0 Å². The van der Waals surface area contributed by atoms with Crippen LogP contribution in [0.4, 0.5) is 16.4 Å².